The van der Waals surface area contributed by atoms with Crippen molar-refractivity contribution >= 4 is 17.7 Å². The second kappa shape index (κ2) is 10.8. The van der Waals surface area contributed by atoms with E-state index >= 15 is 0 Å². The van der Waals surface area contributed by atoms with Gasteiger partial charge in [0.25, 0.3) is 0 Å². The van der Waals surface area contributed by atoms with Crippen LogP contribution in [0.1, 0.15) is 71.7 Å². The molecule has 2 rings (SSSR count). The van der Waals surface area contributed by atoms with Crippen molar-refractivity contribution in [2.75, 3.05) is 19.3 Å². The topological polar surface area (TPSA) is 67.1 Å². The average molecular weight is 381 g/mol. The van der Waals surface area contributed by atoms with E-state index in [0.717, 1.165) is 42.9 Å². The molecule has 1 aromatic rings. The normalized spacial score (nSPS) is 17.1. The zero-order valence-electron chi connectivity index (χ0n) is 17.1. The summed E-state index contributed by atoms with van der Waals surface area (Å²) in [6.07, 6.45) is 9.20. The molecule has 1 fully saturated rings. The van der Waals surface area contributed by atoms with E-state index in [9.17, 15) is 0 Å². The standard InChI is InChI=1S/C19H36N6S/c1-6-20-18(22-15(4)14(2)3)21-13-9-12-17-23-24-19(26-5)25(17)16-10-7-8-11-16/h14-16H,6-13H2,1-5H3,(H2,20,21,22). The largest absolute Gasteiger partial charge is 0.357 e. The highest BCUT2D eigenvalue weighted by molar-refractivity contribution is 7.98. The molecule has 0 aromatic carbocycles. The molecule has 148 valence electrons. The molecule has 1 heterocycles. The van der Waals surface area contributed by atoms with Gasteiger partial charge in [-0.2, -0.15) is 0 Å². The molecule has 1 aliphatic carbocycles. The maximum Gasteiger partial charge on any atom is 0.191 e. The quantitative estimate of drug-likeness (QED) is 0.296. The molecule has 1 saturated carbocycles. The Kier molecular flexibility index (Phi) is 8.75. The summed E-state index contributed by atoms with van der Waals surface area (Å²) in [5, 5.41) is 16.8. The summed E-state index contributed by atoms with van der Waals surface area (Å²) in [6, 6.07) is 0.999. The van der Waals surface area contributed by atoms with Crippen LogP contribution in [0.15, 0.2) is 10.1 Å². The van der Waals surface area contributed by atoms with Gasteiger partial charge in [-0.1, -0.05) is 38.5 Å². The Balaban J connectivity index is 1.92. The third-order valence-corrected chi connectivity index (χ3v) is 5.79. The highest BCUT2D eigenvalue weighted by Gasteiger charge is 2.23. The van der Waals surface area contributed by atoms with Crippen molar-refractivity contribution in [1.82, 2.24) is 25.4 Å². The molecule has 0 radical (unpaired) electrons. The van der Waals surface area contributed by atoms with Crippen LogP contribution in [0.25, 0.3) is 0 Å². The van der Waals surface area contributed by atoms with Gasteiger partial charge in [0.05, 0.1) is 0 Å². The van der Waals surface area contributed by atoms with Gasteiger partial charge in [0, 0.05) is 31.6 Å². The lowest BCUT2D eigenvalue weighted by Gasteiger charge is -2.20. The van der Waals surface area contributed by atoms with E-state index in [0.29, 0.717) is 18.0 Å². The Morgan fingerprint density at radius 3 is 2.62 bits per heavy atom. The minimum atomic E-state index is 0.405. The molecule has 1 atom stereocenters. The first-order valence-corrected chi connectivity index (χ1v) is 11.3. The lowest BCUT2D eigenvalue weighted by Crippen LogP contribution is -2.44. The Morgan fingerprint density at radius 2 is 2.00 bits per heavy atom. The van der Waals surface area contributed by atoms with E-state index in [-0.39, 0.29) is 0 Å². The first kappa shape index (κ1) is 21.1. The fourth-order valence-corrected chi connectivity index (χ4v) is 3.85. The van der Waals surface area contributed by atoms with Crippen LogP contribution < -0.4 is 10.6 Å². The lowest BCUT2D eigenvalue weighted by molar-refractivity contribution is 0.461. The van der Waals surface area contributed by atoms with Crippen LogP contribution in [-0.2, 0) is 6.42 Å². The lowest BCUT2D eigenvalue weighted by atomic mass is 10.1. The molecule has 0 bridgehead atoms. The smallest absolute Gasteiger partial charge is 0.191 e. The number of hydrogen-bond donors (Lipinski definition) is 2. The molecule has 1 aliphatic rings. The number of nitrogens with zero attached hydrogens (tertiary/aromatic N) is 4. The number of rotatable bonds is 9. The number of aliphatic imine (C=N–C) groups is 1. The SMILES string of the molecule is CCNC(=NCCCc1nnc(SC)n1C1CCCC1)NC(C)C(C)C. The van der Waals surface area contributed by atoms with Crippen LogP contribution in [0.3, 0.4) is 0 Å². The third kappa shape index (κ3) is 5.89. The first-order valence-electron chi connectivity index (χ1n) is 10.1. The molecular formula is C19H36N6S. The monoisotopic (exact) mass is 380 g/mol. The van der Waals surface area contributed by atoms with Crippen molar-refractivity contribution in [2.24, 2.45) is 10.9 Å². The van der Waals surface area contributed by atoms with Gasteiger partial charge < -0.3 is 15.2 Å². The van der Waals surface area contributed by atoms with E-state index in [1.165, 1.54) is 25.7 Å². The molecule has 0 spiro atoms. The molecule has 6 nitrogen and oxygen atoms in total. The summed E-state index contributed by atoms with van der Waals surface area (Å²) in [5.74, 6) is 2.62. The van der Waals surface area contributed by atoms with Crippen molar-refractivity contribution in [3.05, 3.63) is 5.82 Å². The van der Waals surface area contributed by atoms with Crippen molar-refractivity contribution in [1.29, 1.82) is 0 Å². The van der Waals surface area contributed by atoms with Gasteiger partial charge in [-0.15, -0.1) is 10.2 Å². The fraction of sp³-hybridized carbons (Fsp3) is 0.842. The zero-order valence-corrected chi connectivity index (χ0v) is 17.9. The second-order valence-corrected chi connectivity index (χ2v) is 8.23. The number of aryl methyl sites for hydroxylation is 1. The summed E-state index contributed by atoms with van der Waals surface area (Å²) in [4.78, 5) is 4.74. The van der Waals surface area contributed by atoms with Gasteiger partial charge in [-0.25, -0.2) is 0 Å². The molecule has 1 unspecified atom stereocenters. The van der Waals surface area contributed by atoms with Crippen LogP contribution in [0, 0.1) is 5.92 Å². The minimum absolute atomic E-state index is 0.405. The van der Waals surface area contributed by atoms with Crippen molar-refractivity contribution in [2.45, 2.75) is 83.5 Å². The van der Waals surface area contributed by atoms with Gasteiger partial charge in [0.1, 0.15) is 5.82 Å². The van der Waals surface area contributed by atoms with Gasteiger partial charge in [0.2, 0.25) is 0 Å². The molecule has 7 heteroatoms. The van der Waals surface area contributed by atoms with E-state index in [1.54, 1.807) is 11.8 Å². The van der Waals surface area contributed by atoms with Gasteiger partial charge in [0.15, 0.2) is 11.1 Å². The third-order valence-electron chi connectivity index (χ3n) is 5.14. The highest BCUT2D eigenvalue weighted by Crippen LogP contribution is 2.33. The summed E-state index contributed by atoms with van der Waals surface area (Å²) < 4.78 is 2.39. The maximum atomic E-state index is 4.74. The van der Waals surface area contributed by atoms with Gasteiger partial charge >= 0.3 is 0 Å². The number of nitrogens with one attached hydrogen (secondary N) is 2. The predicted molar refractivity (Wildman–Crippen MR) is 111 cm³/mol. The predicted octanol–water partition coefficient (Wildman–Crippen LogP) is 3.65. The van der Waals surface area contributed by atoms with Crippen molar-refractivity contribution in [3.8, 4) is 0 Å². The Hall–Kier alpha value is -1.24. The molecular weight excluding hydrogens is 344 g/mol. The molecule has 1 aromatic heterocycles. The van der Waals surface area contributed by atoms with Crippen molar-refractivity contribution < 1.29 is 0 Å². The Morgan fingerprint density at radius 1 is 1.27 bits per heavy atom. The van der Waals surface area contributed by atoms with E-state index < -0.39 is 0 Å². The Bertz CT molecular complexity index is 562. The summed E-state index contributed by atoms with van der Waals surface area (Å²) in [5.41, 5.74) is 0. The highest BCUT2D eigenvalue weighted by atomic mass is 32.2. The number of hydrogen-bond acceptors (Lipinski definition) is 4. The number of aromatic nitrogens is 3. The summed E-state index contributed by atoms with van der Waals surface area (Å²) >= 11 is 1.71. The van der Waals surface area contributed by atoms with E-state index in [2.05, 4.69) is 59.3 Å². The minimum Gasteiger partial charge on any atom is -0.357 e. The van der Waals surface area contributed by atoms with Gasteiger partial charge in [-0.05, 0) is 45.3 Å². The zero-order chi connectivity index (χ0) is 18.9. The van der Waals surface area contributed by atoms with Gasteiger partial charge in [-0.3, -0.25) is 4.99 Å². The fourth-order valence-electron chi connectivity index (χ4n) is 3.28. The summed E-state index contributed by atoms with van der Waals surface area (Å²) in [7, 11) is 0. The number of thioether (sulfide) groups is 1. The van der Waals surface area contributed by atoms with Crippen LogP contribution in [-0.4, -0.2) is 46.1 Å². The molecule has 0 aliphatic heterocycles. The second-order valence-electron chi connectivity index (χ2n) is 7.45. The van der Waals surface area contributed by atoms with Crippen LogP contribution in [0.5, 0.6) is 0 Å². The van der Waals surface area contributed by atoms with Crippen LogP contribution in [0.4, 0.5) is 0 Å². The number of guanidine groups is 1. The average Bonchev–Trinajstić information content (AvgIpc) is 3.27. The van der Waals surface area contributed by atoms with E-state index in [1.807, 2.05) is 0 Å². The van der Waals surface area contributed by atoms with Crippen LogP contribution >= 0.6 is 11.8 Å². The molecule has 0 amide bonds. The van der Waals surface area contributed by atoms with Crippen LogP contribution in [0.2, 0.25) is 0 Å². The molecule has 2 N–H and O–H groups in total. The Labute approximate surface area is 163 Å². The van der Waals surface area contributed by atoms with E-state index in [4.69, 9.17) is 4.99 Å². The molecule has 0 saturated heterocycles. The first-order chi connectivity index (χ1) is 12.6. The summed E-state index contributed by atoms with van der Waals surface area (Å²) in [6.45, 7) is 10.4. The maximum absolute atomic E-state index is 4.74. The van der Waals surface area contributed by atoms with Crippen molar-refractivity contribution in [3.63, 3.8) is 0 Å². The molecule has 26 heavy (non-hydrogen) atoms.